The zero-order valence-electron chi connectivity index (χ0n) is 12.7. The third-order valence-electron chi connectivity index (χ3n) is 3.19. The van der Waals surface area contributed by atoms with Gasteiger partial charge in [0.1, 0.15) is 0 Å². The minimum Gasteiger partial charge on any atom is -0.465 e. The molecule has 0 bridgehead atoms. The third-order valence-corrected chi connectivity index (χ3v) is 4.10. The monoisotopic (exact) mass is 339 g/mol. The van der Waals surface area contributed by atoms with Crippen molar-refractivity contribution in [2.75, 3.05) is 7.11 Å². The molecule has 1 fully saturated rings. The number of para-hydroxylation sites is 1. The van der Waals surface area contributed by atoms with E-state index in [-0.39, 0.29) is 5.91 Å². The number of nitrogens with one attached hydrogen (secondary N) is 1. The van der Waals surface area contributed by atoms with E-state index in [0.29, 0.717) is 21.3 Å². The number of thioether (sulfide) groups is 1. The van der Waals surface area contributed by atoms with Crippen molar-refractivity contribution in [3.63, 3.8) is 0 Å². The lowest BCUT2D eigenvalue weighted by atomic mass is 10.2. The number of carbonyl (C=O) groups excluding carboxylic acids is 2. The van der Waals surface area contributed by atoms with Gasteiger partial charge in [-0.1, -0.05) is 12.1 Å². The van der Waals surface area contributed by atoms with Crippen molar-refractivity contribution in [3.05, 3.63) is 64.8 Å². The van der Waals surface area contributed by atoms with E-state index in [4.69, 9.17) is 4.74 Å². The molecule has 1 N–H and O–H groups in total. The number of methoxy groups -OCH3 is 1. The molecule has 1 aromatic carbocycles. The number of hydrogen-bond donors (Lipinski definition) is 1. The van der Waals surface area contributed by atoms with Gasteiger partial charge in [-0.05, 0) is 47.7 Å². The van der Waals surface area contributed by atoms with E-state index >= 15 is 0 Å². The van der Waals surface area contributed by atoms with Crippen molar-refractivity contribution < 1.29 is 14.3 Å². The predicted octanol–water partition coefficient (Wildman–Crippen LogP) is 2.76. The van der Waals surface area contributed by atoms with Crippen LogP contribution in [0.2, 0.25) is 0 Å². The molecular weight excluding hydrogens is 326 g/mol. The second-order valence-electron chi connectivity index (χ2n) is 4.77. The number of ether oxygens (including phenoxy) is 1. The molecule has 1 amide bonds. The highest BCUT2D eigenvalue weighted by atomic mass is 32.2. The summed E-state index contributed by atoms with van der Waals surface area (Å²) in [5.41, 5.74) is 1.66. The lowest BCUT2D eigenvalue weighted by Crippen LogP contribution is -2.19. The molecule has 0 saturated carbocycles. The fraction of sp³-hybridized carbons (Fsp3) is 0.0588. The highest BCUT2D eigenvalue weighted by molar-refractivity contribution is 8.18. The van der Waals surface area contributed by atoms with Gasteiger partial charge >= 0.3 is 5.97 Å². The number of amides is 1. The Kier molecular flexibility index (Phi) is 4.72. The van der Waals surface area contributed by atoms with Gasteiger partial charge in [-0.3, -0.25) is 9.78 Å². The Bertz CT molecular complexity index is 847. The van der Waals surface area contributed by atoms with Crippen LogP contribution >= 0.6 is 11.8 Å². The maximum absolute atomic E-state index is 12.1. The van der Waals surface area contributed by atoms with Gasteiger partial charge in [0.05, 0.1) is 23.3 Å². The Morgan fingerprint density at radius 1 is 1.25 bits per heavy atom. The van der Waals surface area contributed by atoms with Gasteiger partial charge in [0.15, 0.2) is 5.17 Å². The maximum atomic E-state index is 12.1. The average molecular weight is 339 g/mol. The first-order valence-electron chi connectivity index (χ1n) is 7.04. The summed E-state index contributed by atoms with van der Waals surface area (Å²) in [6.45, 7) is 0. The Hall–Kier alpha value is -2.93. The number of benzene rings is 1. The first kappa shape index (κ1) is 15.9. The van der Waals surface area contributed by atoms with Gasteiger partial charge in [-0.25, -0.2) is 9.79 Å². The third kappa shape index (κ3) is 3.52. The maximum Gasteiger partial charge on any atom is 0.340 e. The summed E-state index contributed by atoms with van der Waals surface area (Å²) >= 11 is 1.21. The van der Waals surface area contributed by atoms with Gasteiger partial charge in [0.25, 0.3) is 5.91 Å². The summed E-state index contributed by atoms with van der Waals surface area (Å²) in [4.78, 5) is 32.7. The Morgan fingerprint density at radius 3 is 2.75 bits per heavy atom. The molecular formula is C17H13N3O3S. The van der Waals surface area contributed by atoms with Gasteiger partial charge < -0.3 is 10.1 Å². The molecule has 0 unspecified atom stereocenters. The zero-order chi connectivity index (χ0) is 16.9. The minimum absolute atomic E-state index is 0.230. The number of carbonyl (C=O) groups is 2. The van der Waals surface area contributed by atoms with Crippen LogP contribution in [0.3, 0.4) is 0 Å². The second-order valence-corrected chi connectivity index (χ2v) is 5.80. The van der Waals surface area contributed by atoms with E-state index in [9.17, 15) is 9.59 Å². The van der Waals surface area contributed by atoms with Crippen molar-refractivity contribution in [3.8, 4) is 0 Å². The van der Waals surface area contributed by atoms with Crippen molar-refractivity contribution in [1.82, 2.24) is 10.3 Å². The zero-order valence-corrected chi connectivity index (χ0v) is 13.5. The van der Waals surface area contributed by atoms with E-state index in [0.717, 1.165) is 5.56 Å². The molecule has 0 spiro atoms. The van der Waals surface area contributed by atoms with Crippen LogP contribution in [0.15, 0.2) is 58.7 Å². The van der Waals surface area contributed by atoms with Gasteiger partial charge in [0, 0.05) is 12.4 Å². The molecule has 3 rings (SSSR count). The number of rotatable bonds is 3. The first-order valence-corrected chi connectivity index (χ1v) is 7.86. The summed E-state index contributed by atoms with van der Waals surface area (Å²) < 4.78 is 4.74. The van der Waals surface area contributed by atoms with Crippen LogP contribution in [-0.4, -0.2) is 29.1 Å². The van der Waals surface area contributed by atoms with Crippen molar-refractivity contribution in [1.29, 1.82) is 0 Å². The Morgan fingerprint density at radius 2 is 2.00 bits per heavy atom. The Balaban J connectivity index is 1.88. The SMILES string of the molecule is COC(=O)c1ccccc1N=C1NC(=O)/C(=C/c2ccncc2)S1. The summed E-state index contributed by atoms with van der Waals surface area (Å²) in [5.74, 6) is -0.706. The van der Waals surface area contributed by atoms with Gasteiger partial charge in [0.2, 0.25) is 0 Å². The summed E-state index contributed by atoms with van der Waals surface area (Å²) in [6, 6.07) is 10.4. The van der Waals surface area contributed by atoms with Crippen LogP contribution in [0.4, 0.5) is 5.69 Å². The molecule has 24 heavy (non-hydrogen) atoms. The fourth-order valence-corrected chi connectivity index (χ4v) is 2.89. The molecule has 7 heteroatoms. The fourth-order valence-electron chi connectivity index (χ4n) is 2.05. The second kappa shape index (κ2) is 7.10. The van der Waals surface area contributed by atoms with Crippen LogP contribution in [0, 0.1) is 0 Å². The molecule has 1 saturated heterocycles. The summed E-state index contributed by atoms with van der Waals surface area (Å²) in [6.07, 6.45) is 5.08. The highest BCUT2D eigenvalue weighted by Crippen LogP contribution is 2.29. The molecule has 120 valence electrons. The van der Waals surface area contributed by atoms with E-state index < -0.39 is 5.97 Å². The number of aromatic nitrogens is 1. The Labute approximate surface area is 142 Å². The van der Waals surface area contributed by atoms with Crippen molar-refractivity contribution in [2.45, 2.75) is 0 Å². The van der Waals surface area contributed by atoms with E-state index in [1.807, 2.05) is 12.1 Å². The van der Waals surface area contributed by atoms with Crippen molar-refractivity contribution >= 4 is 40.6 Å². The highest BCUT2D eigenvalue weighted by Gasteiger charge is 2.24. The average Bonchev–Trinajstić information content (AvgIpc) is 2.95. The number of pyridine rings is 1. The molecule has 1 aliphatic rings. The molecule has 1 aromatic heterocycles. The smallest absolute Gasteiger partial charge is 0.340 e. The quantitative estimate of drug-likeness (QED) is 0.687. The van der Waals surface area contributed by atoms with Crippen LogP contribution in [0.5, 0.6) is 0 Å². The standard InChI is InChI=1S/C17H13N3O3S/c1-23-16(22)12-4-2-3-5-13(12)19-17-20-15(21)14(24-17)10-11-6-8-18-9-7-11/h2-10H,1H3,(H,19,20,21)/b14-10-. The minimum atomic E-state index is -0.475. The normalized spacial score (nSPS) is 17.1. The van der Waals surface area contributed by atoms with Gasteiger partial charge in [-0.15, -0.1) is 0 Å². The van der Waals surface area contributed by atoms with E-state index in [2.05, 4.69) is 15.3 Å². The van der Waals surface area contributed by atoms with Crippen molar-refractivity contribution in [2.24, 2.45) is 4.99 Å². The molecule has 1 aliphatic heterocycles. The number of aliphatic imine (C=N–C) groups is 1. The molecule has 6 nitrogen and oxygen atoms in total. The van der Waals surface area contributed by atoms with Crippen LogP contribution < -0.4 is 5.32 Å². The molecule has 2 heterocycles. The van der Waals surface area contributed by atoms with E-state index in [1.54, 1.807) is 42.7 Å². The number of nitrogens with zero attached hydrogens (tertiary/aromatic N) is 2. The number of hydrogen-bond acceptors (Lipinski definition) is 6. The molecule has 0 atom stereocenters. The summed E-state index contributed by atoms with van der Waals surface area (Å²) in [5, 5.41) is 3.11. The van der Waals surface area contributed by atoms with Crippen LogP contribution in [0.25, 0.3) is 6.08 Å². The lowest BCUT2D eigenvalue weighted by molar-refractivity contribution is -0.115. The number of amidine groups is 1. The van der Waals surface area contributed by atoms with Gasteiger partial charge in [-0.2, -0.15) is 0 Å². The molecule has 2 aromatic rings. The first-order chi connectivity index (χ1) is 11.7. The lowest BCUT2D eigenvalue weighted by Gasteiger charge is -2.03. The summed E-state index contributed by atoms with van der Waals surface area (Å²) in [7, 11) is 1.31. The predicted molar refractivity (Wildman–Crippen MR) is 92.8 cm³/mol. The topological polar surface area (TPSA) is 80.6 Å². The molecule has 0 aliphatic carbocycles. The number of esters is 1. The van der Waals surface area contributed by atoms with E-state index in [1.165, 1.54) is 18.9 Å². The molecule has 0 radical (unpaired) electrons. The largest absolute Gasteiger partial charge is 0.465 e. The van der Waals surface area contributed by atoms with Crippen LogP contribution in [0.1, 0.15) is 15.9 Å². The van der Waals surface area contributed by atoms with Crippen LogP contribution in [-0.2, 0) is 9.53 Å².